The number of hydrogen-bond donors (Lipinski definition) is 1. The second-order valence-corrected chi connectivity index (χ2v) is 7.56. The van der Waals surface area contributed by atoms with Gasteiger partial charge in [0, 0.05) is 16.1 Å². The Bertz CT molecular complexity index is 987. The number of rotatable bonds is 7. The van der Waals surface area contributed by atoms with Crippen molar-refractivity contribution in [1.82, 2.24) is 4.98 Å². The van der Waals surface area contributed by atoms with E-state index in [-0.39, 0.29) is 5.22 Å². The smallest absolute Gasteiger partial charge is 0.316 e. The molecule has 28 heavy (non-hydrogen) atoms. The minimum absolute atomic E-state index is 0.268. The van der Waals surface area contributed by atoms with Crippen molar-refractivity contribution in [2.24, 2.45) is 0 Å². The molecule has 1 heterocycles. The number of aromatic nitrogens is 1. The molecule has 0 amide bonds. The van der Waals surface area contributed by atoms with Gasteiger partial charge in [0.25, 0.3) is 5.22 Å². The van der Waals surface area contributed by atoms with Crippen LogP contribution in [-0.2, 0) is 4.79 Å². The number of methoxy groups -OCH3 is 2. The van der Waals surface area contributed by atoms with Gasteiger partial charge < -0.3 is 19.0 Å². The summed E-state index contributed by atoms with van der Waals surface area (Å²) in [5, 5.41) is 9.35. The van der Waals surface area contributed by atoms with Gasteiger partial charge in [-0.2, -0.15) is 0 Å². The largest absolute Gasteiger partial charge is 0.493 e. The first kappa shape index (κ1) is 20.1. The van der Waals surface area contributed by atoms with Crippen LogP contribution in [0.25, 0.3) is 22.6 Å². The molecule has 0 spiro atoms. The highest BCUT2D eigenvalue weighted by atomic mass is 35.5. The second kappa shape index (κ2) is 8.58. The third kappa shape index (κ3) is 4.26. The lowest BCUT2D eigenvalue weighted by molar-refractivity contribution is -0.136. The SMILES string of the molecule is COc1ccc(-c2nc(SC(C)C(=O)O)oc2-c2ccc(Cl)cc2)cc1OC. The van der Waals surface area contributed by atoms with Gasteiger partial charge in [0.2, 0.25) is 0 Å². The Balaban J connectivity index is 2.11. The van der Waals surface area contributed by atoms with E-state index in [2.05, 4.69) is 4.98 Å². The van der Waals surface area contributed by atoms with Crippen LogP contribution < -0.4 is 9.47 Å². The average molecular weight is 420 g/mol. The molecule has 0 aliphatic heterocycles. The van der Waals surface area contributed by atoms with E-state index in [9.17, 15) is 9.90 Å². The van der Waals surface area contributed by atoms with E-state index in [1.807, 2.05) is 18.2 Å². The number of carboxylic acid groups (broad SMARTS) is 1. The van der Waals surface area contributed by atoms with Crippen molar-refractivity contribution in [3.05, 3.63) is 47.5 Å². The van der Waals surface area contributed by atoms with Gasteiger partial charge in [0.05, 0.1) is 14.2 Å². The fraction of sp³-hybridized carbons (Fsp3) is 0.200. The van der Waals surface area contributed by atoms with E-state index in [1.165, 1.54) is 0 Å². The molecular formula is C20H18ClNO5S. The number of halogens is 1. The summed E-state index contributed by atoms with van der Waals surface area (Å²) >= 11 is 7.03. The first-order chi connectivity index (χ1) is 13.4. The standard InChI is InChI=1S/C20H18ClNO5S/c1-11(19(23)24)28-20-22-17(13-6-9-15(25-2)16(10-13)26-3)18(27-20)12-4-7-14(21)8-5-12/h4-11H,1-3H3,(H,23,24). The quantitative estimate of drug-likeness (QED) is 0.524. The molecule has 146 valence electrons. The molecule has 3 aromatic rings. The van der Waals surface area contributed by atoms with E-state index < -0.39 is 11.2 Å². The molecular weight excluding hydrogens is 402 g/mol. The molecule has 1 N–H and O–H groups in total. The molecule has 1 atom stereocenters. The Hall–Kier alpha value is -2.64. The highest BCUT2D eigenvalue weighted by molar-refractivity contribution is 8.00. The summed E-state index contributed by atoms with van der Waals surface area (Å²) < 4.78 is 16.6. The molecule has 0 fully saturated rings. The van der Waals surface area contributed by atoms with Crippen molar-refractivity contribution < 1.29 is 23.8 Å². The number of hydrogen-bond acceptors (Lipinski definition) is 6. The first-order valence-corrected chi connectivity index (χ1v) is 9.57. The fourth-order valence-electron chi connectivity index (χ4n) is 2.53. The predicted molar refractivity (Wildman–Crippen MR) is 108 cm³/mol. The van der Waals surface area contributed by atoms with E-state index in [1.54, 1.807) is 45.4 Å². The fourth-order valence-corrected chi connectivity index (χ4v) is 3.33. The lowest BCUT2D eigenvalue weighted by atomic mass is 10.1. The average Bonchev–Trinajstić information content (AvgIpc) is 3.11. The maximum absolute atomic E-state index is 11.2. The molecule has 8 heteroatoms. The summed E-state index contributed by atoms with van der Waals surface area (Å²) in [6, 6.07) is 12.6. The van der Waals surface area contributed by atoms with Crippen LogP contribution in [0.1, 0.15) is 6.92 Å². The van der Waals surface area contributed by atoms with Crippen LogP contribution in [0.4, 0.5) is 0 Å². The zero-order valence-corrected chi connectivity index (χ0v) is 17.0. The summed E-state index contributed by atoms with van der Waals surface area (Å²) in [4.78, 5) is 15.7. The number of benzene rings is 2. The zero-order valence-electron chi connectivity index (χ0n) is 15.4. The molecule has 3 rings (SSSR count). The molecule has 0 aliphatic rings. The van der Waals surface area contributed by atoms with E-state index in [0.717, 1.165) is 22.9 Å². The molecule has 1 unspecified atom stereocenters. The van der Waals surface area contributed by atoms with E-state index in [4.69, 9.17) is 25.5 Å². The summed E-state index contributed by atoms with van der Waals surface area (Å²) in [7, 11) is 3.12. The van der Waals surface area contributed by atoms with Crippen molar-refractivity contribution in [2.75, 3.05) is 14.2 Å². The van der Waals surface area contributed by atoms with Crippen LogP contribution in [0.15, 0.2) is 52.1 Å². The molecule has 6 nitrogen and oxygen atoms in total. The number of nitrogens with zero attached hydrogens (tertiary/aromatic N) is 1. The lowest BCUT2D eigenvalue weighted by Gasteiger charge is -2.09. The zero-order chi connectivity index (χ0) is 20.3. The number of thioether (sulfide) groups is 1. The Morgan fingerprint density at radius 1 is 1.11 bits per heavy atom. The van der Waals surface area contributed by atoms with Crippen molar-refractivity contribution in [3.63, 3.8) is 0 Å². The summed E-state index contributed by atoms with van der Waals surface area (Å²) in [5.74, 6) is 0.725. The summed E-state index contributed by atoms with van der Waals surface area (Å²) in [6.07, 6.45) is 0. The number of ether oxygens (including phenoxy) is 2. The van der Waals surface area contributed by atoms with Crippen molar-refractivity contribution >= 4 is 29.3 Å². The Morgan fingerprint density at radius 3 is 2.36 bits per heavy atom. The molecule has 0 radical (unpaired) electrons. The molecule has 2 aromatic carbocycles. The number of carbonyl (C=O) groups is 1. The van der Waals surface area contributed by atoms with Crippen LogP contribution in [0.2, 0.25) is 5.02 Å². The molecule has 0 saturated heterocycles. The highest BCUT2D eigenvalue weighted by Crippen LogP contribution is 2.39. The molecule has 0 bridgehead atoms. The van der Waals surface area contributed by atoms with E-state index >= 15 is 0 Å². The summed E-state index contributed by atoms with van der Waals surface area (Å²) in [6.45, 7) is 1.58. The molecule has 0 saturated carbocycles. The monoisotopic (exact) mass is 419 g/mol. The minimum atomic E-state index is -0.941. The van der Waals surface area contributed by atoms with Gasteiger partial charge in [0.1, 0.15) is 10.9 Å². The number of oxazole rings is 1. The van der Waals surface area contributed by atoms with Gasteiger partial charge in [-0.25, -0.2) is 4.98 Å². The third-order valence-electron chi connectivity index (χ3n) is 4.00. The van der Waals surface area contributed by atoms with Gasteiger partial charge in [-0.15, -0.1) is 0 Å². The lowest BCUT2D eigenvalue weighted by Crippen LogP contribution is -2.10. The van der Waals surface area contributed by atoms with Crippen LogP contribution in [0.3, 0.4) is 0 Å². The normalized spacial score (nSPS) is 11.9. The second-order valence-electron chi connectivity index (χ2n) is 5.83. The molecule has 0 aliphatic carbocycles. The van der Waals surface area contributed by atoms with Gasteiger partial charge in [-0.05, 0) is 49.4 Å². The Labute approximate surface area is 171 Å². The first-order valence-electron chi connectivity index (χ1n) is 8.31. The van der Waals surface area contributed by atoms with Gasteiger partial charge in [0.15, 0.2) is 17.3 Å². The van der Waals surface area contributed by atoms with Crippen molar-refractivity contribution in [1.29, 1.82) is 0 Å². The van der Waals surface area contributed by atoms with Crippen molar-refractivity contribution in [3.8, 4) is 34.1 Å². The Morgan fingerprint density at radius 2 is 1.75 bits per heavy atom. The van der Waals surface area contributed by atoms with Gasteiger partial charge in [-0.3, -0.25) is 4.79 Å². The number of carboxylic acids is 1. The number of aliphatic carboxylic acids is 1. The van der Waals surface area contributed by atoms with Crippen LogP contribution in [0, 0.1) is 0 Å². The maximum Gasteiger partial charge on any atom is 0.316 e. The maximum atomic E-state index is 11.2. The minimum Gasteiger partial charge on any atom is -0.493 e. The van der Waals surface area contributed by atoms with Crippen LogP contribution >= 0.6 is 23.4 Å². The van der Waals surface area contributed by atoms with Crippen molar-refractivity contribution in [2.45, 2.75) is 17.4 Å². The predicted octanol–water partition coefficient (Wildman–Crippen LogP) is 5.24. The van der Waals surface area contributed by atoms with Crippen LogP contribution in [0.5, 0.6) is 11.5 Å². The van der Waals surface area contributed by atoms with E-state index in [0.29, 0.717) is 28.0 Å². The topological polar surface area (TPSA) is 81.8 Å². The third-order valence-corrected chi connectivity index (χ3v) is 5.18. The highest BCUT2D eigenvalue weighted by Gasteiger charge is 2.22. The van der Waals surface area contributed by atoms with Gasteiger partial charge >= 0.3 is 5.97 Å². The molecule has 1 aromatic heterocycles. The summed E-state index contributed by atoms with van der Waals surface area (Å²) in [5.41, 5.74) is 2.10. The Kier molecular flexibility index (Phi) is 6.16. The van der Waals surface area contributed by atoms with Crippen LogP contribution in [-0.4, -0.2) is 35.5 Å². The van der Waals surface area contributed by atoms with Gasteiger partial charge in [-0.1, -0.05) is 23.4 Å².